The molecule has 1 rings (SSSR count). The van der Waals surface area contributed by atoms with E-state index in [4.69, 9.17) is 5.11 Å². The number of nitrogens with zero attached hydrogens (tertiary/aromatic N) is 1. The molecule has 0 aromatic heterocycles. The fourth-order valence-corrected chi connectivity index (χ4v) is 1.96. The van der Waals surface area contributed by atoms with E-state index >= 15 is 0 Å². The molecule has 14 heavy (non-hydrogen) atoms. The van der Waals surface area contributed by atoms with Crippen LogP contribution in [0.25, 0.3) is 0 Å². The van der Waals surface area contributed by atoms with Crippen molar-refractivity contribution < 1.29 is 10.2 Å². The van der Waals surface area contributed by atoms with Gasteiger partial charge in [0.25, 0.3) is 0 Å². The van der Waals surface area contributed by atoms with E-state index in [9.17, 15) is 5.11 Å². The maximum Gasteiger partial charge on any atom is 0.0897 e. The molecule has 0 bridgehead atoms. The van der Waals surface area contributed by atoms with Crippen LogP contribution in [-0.2, 0) is 0 Å². The molecule has 3 N–H and O–H groups in total. The zero-order chi connectivity index (χ0) is 10.4. The first-order valence-electron chi connectivity index (χ1n) is 5.51. The molecule has 0 radical (unpaired) electrons. The quantitative estimate of drug-likeness (QED) is 0.558. The molecule has 0 amide bonds. The van der Waals surface area contributed by atoms with Crippen molar-refractivity contribution in [2.45, 2.75) is 31.9 Å². The van der Waals surface area contributed by atoms with Crippen molar-refractivity contribution in [2.75, 3.05) is 32.8 Å². The largest absolute Gasteiger partial charge is 0.394 e. The summed E-state index contributed by atoms with van der Waals surface area (Å²) in [5.74, 6) is 0. The molecular weight excluding hydrogens is 180 g/mol. The maximum absolute atomic E-state index is 9.27. The van der Waals surface area contributed by atoms with Gasteiger partial charge >= 0.3 is 0 Å². The Hall–Kier alpha value is -0.160. The lowest BCUT2D eigenvalue weighted by molar-refractivity contribution is 0.0500. The standard InChI is InChI=1S/C10H22N2O2/c1-2-11-9-3-5-12(6-4-9)7-10(14)8-13/h9-11,13-14H,2-8H2,1H3. The Kier molecular flexibility index (Phi) is 5.40. The second kappa shape index (κ2) is 6.35. The third kappa shape index (κ3) is 3.92. The number of aliphatic hydroxyl groups is 2. The van der Waals surface area contributed by atoms with Crippen LogP contribution in [-0.4, -0.2) is 60.0 Å². The van der Waals surface area contributed by atoms with E-state index in [-0.39, 0.29) is 6.61 Å². The van der Waals surface area contributed by atoms with Crippen molar-refractivity contribution in [1.82, 2.24) is 10.2 Å². The highest BCUT2D eigenvalue weighted by molar-refractivity contribution is 4.77. The Morgan fingerprint density at radius 2 is 2.07 bits per heavy atom. The van der Waals surface area contributed by atoms with Crippen molar-refractivity contribution in [1.29, 1.82) is 0 Å². The van der Waals surface area contributed by atoms with Gasteiger partial charge in [0.15, 0.2) is 0 Å². The smallest absolute Gasteiger partial charge is 0.0897 e. The summed E-state index contributed by atoms with van der Waals surface area (Å²) in [6, 6.07) is 0.641. The Morgan fingerprint density at radius 1 is 1.43 bits per heavy atom. The SMILES string of the molecule is CCNC1CCN(CC(O)CO)CC1. The zero-order valence-electron chi connectivity index (χ0n) is 8.95. The summed E-state index contributed by atoms with van der Waals surface area (Å²) in [7, 11) is 0. The summed E-state index contributed by atoms with van der Waals surface area (Å²) in [6.07, 6.45) is 1.71. The van der Waals surface area contributed by atoms with E-state index in [0.717, 1.165) is 32.5 Å². The monoisotopic (exact) mass is 202 g/mol. The first kappa shape index (κ1) is 11.9. The average molecular weight is 202 g/mol. The van der Waals surface area contributed by atoms with Gasteiger partial charge in [0, 0.05) is 12.6 Å². The summed E-state index contributed by atoms with van der Waals surface area (Å²) < 4.78 is 0. The van der Waals surface area contributed by atoms with Crippen molar-refractivity contribution in [3.8, 4) is 0 Å². The number of aliphatic hydroxyl groups excluding tert-OH is 2. The van der Waals surface area contributed by atoms with Crippen LogP contribution < -0.4 is 5.32 Å². The highest BCUT2D eigenvalue weighted by Gasteiger charge is 2.19. The van der Waals surface area contributed by atoms with E-state index in [1.54, 1.807) is 0 Å². The molecule has 4 nitrogen and oxygen atoms in total. The minimum Gasteiger partial charge on any atom is -0.394 e. The van der Waals surface area contributed by atoms with Crippen molar-refractivity contribution in [2.24, 2.45) is 0 Å². The number of hydrogen-bond acceptors (Lipinski definition) is 4. The molecule has 1 heterocycles. The summed E-state index contributed by atoms with van der Waals surface area (Å²) in [5, 5.41) is 21.4. The van der Waals surface area contributed by atoms with Gasteiger partial charge in [-0.3, -0.25) is 0 Å². The Morgan fingerprint density at radius 3 is 2.57 bits per heavy atom. The van der Waals surface area contributed by atoms with Gasteiger partial charge in [-0.25, -0.2) is 0 Å². The minimum absolute atomic E-state index is 0.132. The van der Waals surface area contributed by atoms with Gasteiger partial charge in [0.2, 0.25) is 0 Å². The molecule has 84 valence electrons. The number of hydrogen-bond donors (Lipinski definition) is 3. The second-order valence-electron chi connectivity index (χ2n) is 3.97. The van der Waals surface area contributed by atoms with Crippen LogP contribution in [0.1, 0.15) is 19.8 Å². The molecule has 0 aliphatic carbocycles. The Labute approximate surface area is 85.9 Å². The van der Waals surface area contributed by atoms with Crippen LogP contribution in [0, 0.1) is 0 Å². The molecule has 1 atom stereocenters. The summed E-state index contributed by atoms with van der Waals surface area (Å²) in [5.41, 5.74) is 0. The predicted octanol–water partition coefficient (Wildman–Crippen LogP) is -0.586. The fourth-order valence-electron chi connectivity index (χ4n) is 1.96. The van der Waals surface area contributed by atoms with Crippen LogP contribution in [0.5, 0.6) is 0 Å². The minimum atomic E-state index is -0.578. The van der Waals surface area contributed by atoms with Gasteiger partial charge in [-0.15, -0.1) is 0 Å². The summed E-state index contributed by atoms with van der Waals surface area (Å²) >= 11 is 0. The van der Waals surface area contributed by atoms with Crippen LogP contribution >= 0.6 is 0 Å². The lowest BCUT2D eigenvalue weighted by Crippen LogP contribution is -2.45. The molecule has 0 aromatic carbocycles. The molecule has 1 saturated heterocycles. The van der Waals surface area contributed by atoms with Gasteiger partial charge in [-0.05, 0) is 32.5 Å². The van der Waals surface area contributed by atoms with Crippen molar-refractivity contribution in [3.05, 3.63) is 0 Å². The third-order valence-electron chi connectivity index (χ3n) is 2.76. The van der Waals surface area contributed by atoms with Crippen LogP contribution in [0.3, 0.4) is 0 Å². The lowest BCUT2D eigenvalue weighted by Gasteiger charge is -2.33. The average Bonchev–Trinajstić information content (AvgIpc) is 2.21. The molecule has 0 aromatic rings. The summed E-state index contributed by atoms with van der Waals surface area (Å²) in [4.78, 5) is 2.22. The van der Waals surface area contributed by atoms with Gasteiger partial charge in [0.05, 0.1) is 12.7 Å². The molecule has 1 aliphatic rings. The molecule has 1 aliphatic heterocycles. The first-order chi connectivity index (χ1) is 6.76. The topological polar surface area (TPSA) is 55.7 Å². The molecule has 4 heteroatoms. The first-order valence-corrected chi connectivity index (χ1v) is 5.51. The van der Waals surface area contributed by atoms with Crippen LogP contribution in [0.2, 0.25) is 0 Å². The predicted molar refractivity (Wildman–Crippen MR) is 56.2 cm³/mol. The molecule has 0 saturated carbocycles. The van der Waals surface area contributed by atoms with E-state index in [1.807, 2.05) is 0 Å². The molecule has 1 fully saturated rings. The van der Waals surface area contributed by atoms with Crippen molar-refractivity contribution >= 4 is 0 Å². The number of piperidine rings is 1. The van der Waals surface area contributed by atoms with Crippen LogP contribution in [0.4, 0.5) is 0 Å². The molecule has 0 spiro atoms. The fraction of sp³-hybridized carbons (Fsp3) is 1.00. The van der Waals surface area contributed by atoms with Gasteiger partial charge in [-0.2, -0.15) is 0 Å². The lowest BCUT2D eigenvalue weighted by atomic mass is 10.0. The number of likely N-dealkylation sites (tertiary alicyclic amines) is 1. The van der Waals surface area contributed by atoms with E-state index in [0.29, 0.717) is 12.6 Å². The highest BCUT2D eigenvalue weighted by Crippen LogP contribution is 2.10. The highest BCUT2D eigenvalue weighted by atomic mass is 16.3. The van der Waals surface area contributed by atoms with Crippen LogP contribution in [0.15, 0.2) is 0 Å². The van der Waals surface area contributed by atoms with E-state index in [2.05, 4.69) is 17.1 Å². The summed E-state index contributed by atoms with van der Waals surface area (Å²) in [6.45, 7) is 5.68. The van der Waals surface area contributed by atoms with Gasteiger partial charge < -0.3 is 20.4 Å². The van der Waals surface area contributed by atoms with Gasteiger partial charge in [-0.1, -0.05) is 6.92 Å². The van der Waals surface area contributed by atoms with Crippen molar-refractivity contribution in [3.63, 3.8) is 0 Å². The maximum atomic E-state index is 9.27. The Bertz CT molecular complexity index is 147. The number of nitrogens with one attached hydrogen (secondary N) is 1. The molecule has 1 unspecified atom stereocenters. The number of β-amino-alcohol motifs (C(OH)–C–C–N with tert-alkyl or cyclic N) is 1. The van der Waals surface area contributed by atoms with Gasteiger partial charge in [0.1, 0.15) is 0 Å². The molecular formula is C10H22N2O2. The normalized spacial score (nSPS) is 22.5. The second-order valence-corrected chi connectivity index (χ2v) is 3.97. The third-order valence-corrected chi connectivity index (χ3v) is 2.76. The number of rotatable bonds is 5. The zero-order valence-corrected chi connectivity index (χ0v) is 8.95. The van der Waals surface area contributed by atoms with E-state index < -0.39 is 6.10 Å². The van der Waals surface area contributed by atoms with E-state index in [1.165, 1.54) is 0 Å². The Balaban J connectivity index is 2.15.